The van der Waals surface area contributed by atoms with Gasteiger partial charge >= 0.3 is 0 Å². The molecule has 0 aromatic rings. The highest BCUT2D eigenvalue weighted by atomic mass is 16.1. The SMILES string of the molecule is CC1(C)CCC(=O)C(CN(CC2CC2)CC2CC2)C1. The van der Waals surface area contributed by atoms with E-state index in [0.717, 1.165) is 37.6 Å². The Bertz CT molecular complexity index is 327. The van der Waals surface area contributed by atoms with Gasteiger partial charge in [0, 0.05) is 32.0 Å². The van der Waals surface area contributed by atoms with Crippen molar-refractivity contribution in [1.29, 1.82) is 0 Å². The maximum Gasteiger partial charge on any atom is 0.137 e. The third-order valence-corrected chi connectivity index (χ3v) is 5.21. The van der Waals surface area contributed by atoms with Crippen molar-refractivity contribution in [1.82, 2.24) is 4.90 Å². The van der Waals surface area contributed by atoms with Crippen molar-refractivity contribution >= 4 is 5.78 Å². The molecule has 0 spiro atoms. The van der Waals surface area contributed by atoms with Crippen molar-refractivity contribution in [2.24, 2.45) is 23.2 Å². The number of nitrogens with zero attached hydrogens (tertiary/aromatic N) is 1. The van der Waals surface area contributed by atoms with E-state index in [1.165, 1.54) is 38.8 Å². The van der Waals surface area contributed by atoms with Gasteiger partial charge in [-0.1, -0.05) is 13.8 Å². The highest BCUT2D eigenvalue weighted by molar-refractivity contribution is 5.82. The summed E-state index contributed by atoms with van der Waals surface area (Å²) in [6, 6.07) is 0. The molecule has 1 unspecified atom stereocenters. The summed E-state index contributed by atoms with van der Waals surface area (Å²) in [5.74, 6) is 2.76. The largest absolute Gasteiger partial charge is 0.302 e. The molecule has 0 N–H and O–H groups in total. The molecular weight excluding hydrogens is 234 g/mol. The summed E-state index contributed by atoms with van der Waals surface area (Å²) < 4.78 is 0. The highest BCUT2D eigenvalue weighted by Gasteiger charge is 2.36. The average molecular weight is 263 g/mol. The van der Waals surface area contributed by atoms with Gasteiger partial charge in [-0.25, -0.2) is 0 Å². The first kappa shape index (κ1) is 13.6. The standard InChI is InChI=1S/C17H29NO/c1-17(2)8-7-16(19)15(9-17)12-18(10-13-3-4-13)11-14-5-6-14/h13-15H,3-12H2,1-2H3. The van der Waals surface area contributed by atoms with Crippen molar-refractivity contribution in [3.05, 3.63) is 0 Å². The van der Waals surface area contributed by atoms with E-state index in [9.17, 15) is 4.79 Å². The predicted molar refractivity (Wildman–Crippen MR) is 78.0 cm³/mol. The van der Waals surface area contributed by atoms with Gasteiger partial charge in [0.1, 0.15) is 5.78 Å². The Labute approximate surface area is 117 Å². The first-order chi connectivity index (χ1) is 9.02. The molecule has 0 aromatic carbocycles. The molecule has 0 saturated heterocycles. The minimum absolute atomic E-state index is 0.321. The van der Waals surface area contributed by atoms with E-state index in [0.29, 0.717) is 17.1 Å². The smallest absolute Gasteiger partial charge is 0.137 e. The number of carbonyl (C=O) groups excluding carboxylic acids is 1. The number of hydrogen-bond acceptors (Lipinski definition) is 2. The van der Waals surface area contributed by atoms with Gasteiger partial charge in [-0.15, -0.1) is 0 Å². The number of carbonyl (C=O) groups is 1. The molecule has 0 aromatic heterocycles. The van der Waals surface area contributed by atoms with Crippen LogP contribution in [0.15, 0.2) is 0 Å². The summed E-state index contributed by atoms with van der Waals surface area (Å²) in [5.41, 5.74) is 0.378. The molecule has 3 aliphatic rings. The molecule has 3 rings (SSSR count). The second-order valence-corrected chi connectivity index (χ2v) is 8.14. The topological polar surface area (TPSA) is 20.3 Å². The first-order valence-electron chi connectivity index (χ1n) is 8.27. The van der Waals surface area contributed by atoms with Crippen LogP contribution < -0.4 is 0 Å². The van der Waals surface area contributed by atoms with Gasteiger partial charge in [-0.3, -0.25) is 4.79 Å². The fourth-order valence-corrected chi connectivity index (χ4v) is 3.58. The zero-order valence-corrected chi connectivity index (χ0v) is 12.7. The van der Waals surface area contributed by atoms with Crippen LogP contribution in [-0.2, 0) is 4.79 Å². The molecule has 3 aliphatic carbocycles. The van der Waals surface area contributed by atoms with Crippen LogP contribution in [0.3, 0.4) is 0 Å². The fourth-order valence-electron chi connectivity index (χ4n) is 3.58. The molecule has 0 heterocycles. The van der Waals surface area contributed by atoms with Crippen LogP contribution in [0.4, 0.5) is 0 Å². The molecule has 3 fully saturated rings. The Morgan fingerprint density at radius 3 is 2.16 bits per heavy atom. The van der Waals surface area contributed by atoms with Crippen LogP contribution in [0, 0.1) is 23.2 Å². The van der Waals surface area contributed by atoms with Crippen LogP contribution in [0.2, 0.25) is 0 Å². The van der Waals surface area contributed by atoms with Crippen LogP contribution in [-0.4, -0.2) is 30.3 Å². The normalized spacial score (nSPS) is 30.9. The quantitative estimate of drug-likeness (QED) is 0.731. The predicted octanol–water partition coefficient (Wildman–Crippen LogP) is 3.50. The lowest BCUT2D eigenvalue weighted by Gasteiger charge is -2.37. The van der Waals surface area contributed by atoms with Crippen molar-refractivity contribution < 1.29 is 4.79 Å². The second-order valence-electron chi connectivity index (χ2n) is 8.14. The zero-order valence-electron chi connectivity index (χ0n) is 12.7. The molecule has 0 radical (unpaired) electrons. The van der Waals surface area contributed by atoms with Gasteiger partial charge < -0.3 is 4.90 Å². The van der Waals surface area contributed by atoms with E-state index in [2.05, 4.69) is 18.7 Å². The lowest BCUT2D eigenvalue weighted by atomic mass is 9.71. The van der Waals surface area contributed by atoms with Gasteiger partial charge in [0.15, 0.2) is 0 Å². The summed E-state index contributed by atoms with van der Waals surface area (Å²) >= 11 is 0. The minimum atomic E-state index is 0.321. The van der Waals surface area contributed by atoms with Crippen LogP contribution in [0.1, 0.15) is 58.8 Å². The molecular formula is C17H29NO. The van der Waals surface area contributed by atoms with Crippen molar-refractivity contribution in [2.75, 3.05) is 19.6 Å². The zero-order chi connectivity index (χ0) is 13.5. The van der Waals surface area contributed by atoms with Crippen molar-refractivity contribution in [3.63, 3.8) is 0 Å². The maximum absolute atomic E-state index is 12.2. The van der Waals surface area contributed by atoms with E-state index < -0.39 is 0 Å². The van der Waals surface area contributed by atoms with Crippen LogP contribution in [0.25, 0.3) is 0 Å². The monoisotopic (exact) mass is 263 g/mol. The average Bonchev–Trinajstić information content (AvgIpc) is 3.19. The molecule has 19 heavy (non-hydrogen) atoms. The lowest BCUT2D eigenvalue weighted by molar-refractivity contribution is -0.127. The van der Waals surface area contributed by atoms with E-state index in [4.69, 9.17) is 0 Å². The molecule has 2 nitrogen and oxygen atoms in total. The molecule has 0 aliphatic heterocycles. The molecule has 1 atom stereocenters. The Morgan fingerprint density at radius 2 is 1.63 bits per heavy atom. The van der Waals surface area contributed by atoms with E-state index >= 15 is 0 Å². The fraction of sp³-hybridized carbons (Fsp3) is 0.941. The van der Waals surface area contributed by atoms with Gasteiger partial charge in [-0.05, 0) is 55.8 Å². The van der Waals surface area contributed by atoms with Crippen molar-refractivity contribution in [2.45, 2.75) is 58.8 Å². The highest BCUT2D eigenvalue weighted by Crippen LogP contribution is 2.39. The molecule has 3 saturated carbocycles. The van der Waals surface area contributed by atoms with Gasteiger partial charge in [-0.2, -0.15) is 0 Å². The van der Waals surface area contributed by atoms with E-state index in [-0.39, 0.29) is 0 Å². The molecule has 0 amide bonds. The van der Waals surface area contributed by atoms with Gasteiger partial charge in [0.25, 0.3) is 0 Å². The summed E-state index contributed by atoms with van der Waals surface area (Å²) in [4.78, 5) is 14.8. The van der Waals surface area contributed by atoms with E-state index in [1.54, 1.807) is 0 Å². The third-order valence-electron chi connectivity index (χ3n) is 5.21. The number of ketones is 1. The van der Waals surface area contributed by atoms with Crippen LogP contribution in [0.5, 0.6) is 0 Å². The second kappa shape index (κ2) is 5.20. The maximum atomic E-state index is 12.2. The van der Waals surface area contributed by atoms with Crippen molar-refractivity contribution in [3.8, 4) is 0 Å². The lowest BCUT2D eigenvalue weighted by Crippen LogP contribution is -2.40. The minimum Gasteiger partial charge on any atom is -0.302 e. The Kier molecular flexibility index (Phi) is 3.72. The number of hydrogen-bond donors (Lipinski definition) is 0. The Balaban J connectivity index is 1.56. The number of rotatable bonds is 6. The van der Waals surface area contributed by atoms with Gasteiger partial charge in [0.2, 0.25) is 0 Å². The molecule has 108 valence electrons. The molecule has 2 heteroatoms. The first-order valence-corrected chi connectivity index (χ1v) is 8.27. The summed E-state index contributed by atoms with van der Waals surface area (Å²) in [5, 5.41) is 0. The summed E-state index contributed by atoms with van der Waals surface area (Å²) in [7, 11) is 0. The Morgan fingerprint density at radius 1 is 1.05 bits per heavy atom. The Hall–Kier alpha value is -0.370. The van der Waals surface area contributed by atoms with E-state index in [1.807, 2.05) is 0 Å². The molecule has 0 bridgehead atoms. The third kappa shape index (κ3) is 4.05. The number of Topliss-reactive ketones (excluding diaryl/α,β-unsaturated/α-hetero) is 1. The van der Waals surface area contributed by atoms with Crippen LogP contribution >= 0.6 is 0 Å². The van der Waals surface area contributed by atoms with Gasteiger partial charge in [0.05, 0.1) is 0 Å². The summed E-state index contributed by atoms with van der Waals surface area (Å²) in [6.07, 6.45) is 8.71. The summed E-state index contributed by atoms with van der Waals surface area (Å²) in [6.45, 7) is 8.24.